The van der Waals surface area contributed by atoms with Crippen LogP contribution in [-0.2, 0) is 12.5 Å². The molecule has 0 saturated carbocycles. The Labute approximate surface area is 89.6 Å². The second-order valence-corrected chi connectivity index (χ2v) is 5.43. The van der Waals surface area contributed by atoms with Crippen LogP contribution in [0.5, 0.6) is 0 Å². The Morgan fingerprint density at radius 3 is 1.92 bits per heavy atom. The highest BCUT2D eigenvalue weighted by molar-refractivity contribution is 9.13. The summed E-state index contributed by atoms with van der Waals surface area (Å²) < 4.78 is 4.15. The van der Waals surface area contributed by atoms with E-state index in [0.717, 1.165) is 9.21 Å². The van der Waals surface area contributed by atoms with Gasteiger partial charge < -0.3 is 0 Å². The van der Waals surface area contributed by atoms with E-state index < -0.39 is 0 Å². The molecule has 12 heavy (non-hydrogen) atoms. The predicted molar refractivity (Wildman–Crippen MR) is 56.1 cm³/mol. The first-order valence-corrected chi connectivity index (χ1v) is 5.36. The van der Waals surface area contributed by atoms with Crippen LogP contribution in [0.25, 0.3) is 0 Å². The highest BCUT2D eigenvalue weighted by atomic mass is 79.9. The van der Waals surface area contributed by atoms with Gasteiger partial charge in [0.15, 0.2) is 0 Å². The zero-order valence-corrected chi connectivity index (χ0v) is 10.9. The van der Waals surface area contributed by atoms with Crippen molar-refractivity contribution >= 4 is 31.9 Å². The van der Waals surface area contributed by atoms with Crippen molar-refractivity contribution in [1.82, 2.24) is 4.98 Å². The molecule has 2 nitrogen and oxygen atoms in total. The maximum absolute atomic E-state index is 3.48. The predicted octanol–water partition coefficient (Wildman–Crippen LogP) is 2.66. The number of aromatic nitrogens is 2. The first kappa shape index (κ1) is 10.3. The Hall–Kier alpha value is 0.170. The Kier molecular flexibility index (Phi) is 2.69. The summed E-state index contributed by atoms with van der Waals surface area (Å²) in [4.78, 5) is 3.29. The van der Waals surface area contributed by atoms with Crippen LogP contribution in [0.2, 0.25) is 0 Å². The van der Waals surface area contributed by atoms with Crippen LogP contribution in [-0.4, -0.2) is 4.98 Å². The first-order chi connectivity index (χ1) is 5.34. The molecular weight excluding hydrogens is 284 g/mol. The SMILES string of the molecule is C[n+]1c(C(C)(C)C)[nH]c(Br)c1Br. The van der Waals surface area contributed by atoms with Crippen LogP contribution in [0.4, 0.5) is 0 Å². The van der Waals surface area contributed by atoms with E-state index in [0.29, 0.717) is 0 Å². The van der Waals surface area contributed by atoms with Crippen molar-refractivity contribution in [2.75, 3.05) is 0 Å². The van der Waals surface area contributed by atoms with Crippen molar-refractivity contribution < 1.29 is 4.57 Å². The summed E-state index contributed by atoms with van der Waals surface area (Å²) in [7, 11) is 2.03. The number of nitrogens with zero attached hydrogens (tertiary/aromatic N) is 1. The van der Waals surface area contributed by atoms with Crippen molar-refractivity contribution in [1.29, 1.82) is 0 Å². The third-order valence-corrected chi connectivity index (χ3v) is 3.78. The molecule has 0 amide bonds. The van der Waals surface area contributed by atoms with Gasteiger partial charge in [-0.3, -0.25) is 0 Å². The van der Waals surface area contributed by atoms with Crippen molar-refractivity contribution in [2.24, 2.45) is 7.05 Å². The number of rotatable bonds is 0. The quantitative estimate of drug-likeness (QED) is 0.710. The van der Waals surface area contributed by atoms with Gasteiger partial charge in [0.1, 0.15) is 0 Å². The fourth-order valence-corrected chi connectivity index (χ4v) is 1.91. The molecule has 1 aromatic heterocycles. The molecule has 1 N–H and O–H groups in total. The minimum absolute atomic E-state index is 0.142. The molecule has 0 aliphatic carbocycles. The maximum Gasteiger partial charge on any atom is 0.261 e. The molecule has 1 rings (SSSR count). The van der Waals surface area contributed by atoms with Crippen LogP contribution in [0.15, 0.2) is 9.21 Å². The number of hydrogen-bond acceptors (Lipinski definition) is 0. The van der Waals surface area contributed by atoms with Crippen molar-refractivity contribution in [3.63, 3.8) is 0 Å². The largest absolute Gasteiger partial charge is 0.261 e. The molecule has 68 valence electrons. The highest BCUT2D eigenvalue weighted by Crippen LogP contribution is 2.24. The van der Waals surface area contributed by atoms with Gasteiger partial charge in [0, 0.05) is 31.9 Å². The second kappa shape index (κ2) is 3.14. The molecule has 1 aromatic rings. The minimum atomic E-state index is 0.142. The molecule has 1 heterocycles. The summed E-state index contributed by atoms with van der Waals surface area (Å²) in [6.07, 6.45) is 0. The maximum atomic E-state index is 3.48. The number of halogens is 2. The fourth-order valence-electron chi connectivity index (χ4n) is 1.18. The lowest BCUT2D eigenvalue weighted by atomic mass is 9.96. The summed E-state index contributed by atoms with van der Waals surface area (Å²) in [5, 5.41) is 0. The Bertz CT molecular complexity index is 297. The van der Waals surface area contributed by atoms with E-state index in [4.69, 9.17) is 0 Å². The molecule has 0 bridgehead atoms. The van der Waals surface area contributed by atoms with Gasteiger partial charge in [-0.25, -0.2) is 9.55 Å². The summed E-state index contributed by atoms with van der Waals surface area (Å²) in [6.45, 7) is 6.53. The van der Waals surface area contributed by atoms with E-state index in [1.165, 1.54) is 5.82 Å². The Balaban J connectivity index is 3.28. The van der Waals surface area contributed by atoms with Gasteiger partial charge in [0.2, 0.25) is 9.21 Å². The van der Waals surface area contributed by atoms with Gasteiger partial charge in [-0.2, -0.15) is 0 Å². The van der Waals surface area contributed by atoms with Crippen molar-refractivity contribution in [3.05, 3.63) is 15.0 Å². The summed E-state index contributed by atoms with van der Waals surface area (Å²) in [5.41, 5.74) is 0.142. The van der Waals surface area contributed by atoms with Gasteiger partial charge in [0.25, 0.3) is 5.82 Å². The minimum Gasteiger partial charge on any atom is -0.234 e. The highest BCUT2D eigenvalue weighted by Gasteiger charge is 2.29. The van der Waals surface area contributed by atoms with Crippen molar-refractivity contribution in [2.45, 2.75) is 26.2 Å². The number of H-pyrrole nitrogens is 1. The fraction of sp³-hybridized carbons (Fsp3) is 0.625. The average molecular weight is 297 g/mol. The summed E-state index contributed by atoms with van der Waals surface area (Å²) in [6, 6.07) is 0. The third-order valence-electron chi connectivity index (χ3n) is 1.75. The van der Waals surface area contributed by atoms with Gasteiger partial charge in [0.05, 0.1) is 12.5 Å². The zero-order chi connectivity index (χ0) is 9.52. The van der Waals surface area contributed by atoms with E-state index in [9.17, 15) is 0 Å². The van der Waals surface area contributed by atoms with Gasteiger partial charge in [-0.1, -0.05) is 0 Å². The Morgan fingerprint density at radius 1 is 1.25 bits per heavy atom. The topological polar surface area (TPSA) is 19.7 Å². The molecule has 0 spiro atoms. The molecule has 0 unspecified atom stereocenters. The van der Waals surface area contributed by atoms with Gasteiger partial charge >= 0.3 is 0 Å². The van der Waals surface area contributed by atoms with Gasteiger partial charge in [-0.15, -0.1) is 0 Å². The third kappa shape index (κ3) is 1.74. The molecule has 0 aliphatic rings. The van der Waals surface area contributed by atoms with E-state index in [-0.39, 0.29) is 5.41 Å². The molecule has 0 atom stereocenters. The summed E-state index contributed by atoms with van der Waals surface area (Å²) >= 11 is 6.91. The smallest absolute Gasteiger partial charge is 0.234 e. The standard InChI is InChI=1S/C8H12Br2N2/c1-8(2,3)7-11-5(9)6(10)12(7)4/h1-4H3/p+1. The van der Waals surface area contributed by atoms with Crippen LogP contribution in [0, 0.1) is 0 Å². The van der Waals surface area contributed by atoms with Crippen LogP contribution < -0.4 is 4.57 Å². The van der Waals surface area contributed by atoms with E-state index >= 15 is 0 Å². The molecule has 0 aliphatic heterocycles. The first-order valence-electron chi connectivity index (χ1n) is 3.77. The number of hydrogen-bond donors (Lipinski definition) is 1. The van der Waals surface area contributed by atoms with Crippen molar-refractivity contribution in [3.8, 4) is 0 Å². The summed E-state index contributed by atoms with van der Waals surface area (Å²) in [5.74, 6) is 1.20. The molecular formula is C8H13Br2N2+. The second-order valence-electron chi connectivity index (χ2n) is 3.89. The van der Waals surface area contributed by atoms with E-state index in [1.54, 1.807) is 0 Å². The Morgan fingerprint density at radius 2 is 1.75 bits per heavy atom. The molecule has 4 heteroatoms. The molecule has 0 aromatic carbocycles. The lowest BCUT2D eigenvalue weighted by Crippen LogP contribution is -2.38. The lowest BCUT2D eigenvalue weighted by molar-refractivity contribution is -0.691. The average Bonchev–Trinajstić information content (AvgIpc) is 2.15. The molecule has 0 radical (unpaired) electrons. The van der Waals surface area contributed by atoms with E-state index in [2.05, 4.69) is 62.2 Å². The van der Waals surface area contributed by atoms with Crippen LogP contribution in [0.3, 0.4) is 0 Å². The van der Waals surface area contributed by atoms with Crippen LogP contribution in [0.1, 0.15) is 26.6 Å². The zero-order valence-electron chi connectivity index (χ0n) is 7.70. The number of imidazole rings is 1. The van der Waals surface area contributed by atoms with Crippen LogP contribution >= 0.6 is 31.9 Å². The number of aromatic amines is 1. The molecule has 0 fully saturated rings. The molecule has 0 saturated heterocycles. The monoisotopic (exact) mass is 295 g/mol. The normalized spacial score (nSPS) is 12.2. The number of nitrogens with one attached hydrogen (secondary N) is 1. The van der Waals surface area contributed by atoms with E-state index in [1.807, 2.05) is 7.05 Å². The van der Waals surface area contributed by atoms with Gasteiger partial charge in [-0.05, 0) is 20.8 Å². The lowest BCUT2D eigenvalue weighted by Gasteiger charge is -2.11.